The third-order valence-electron chi connectivity index (χ3n) is 2.09. The number of fused-ring (bicyclic) bond motifs is 1. The number of nitrogens with two attached hydrogens (primary N) is 1. The zero-order valence-electron chi connectivity index (χ0n) is 6.12. The van der Waals surface area contributed by atoms with Crippen molar-refractivity contribution in [3.63, 3.8) is 0 Å². The van der Waals surface area contributed by atoms with Crippen LogP contribution in [0, 0.1) is 5.41 Å². The van der Waals surface area contributed by atoms with Gasteiger partial charge in [0, 0.05) is 18.9 Å². The van der Waals surface area contributed by atoms with Crippen LogP contribution in [0.3, 0.4) is 0 Å². The quantitative estimate of drug-likeness (QED) is 0.446. The molecular formula is C7H10N4. The van der Waals surface area contributed by atoms with Crippen molar-refractivity contribution in [2.24, 2.45) is 5.73 Å². The van der Waals surface area contributed by atoms with Crippen LogP contribution in [-0.4, -0.2) is 15.4 Å². The van der Waals surface area contributed by atoms with Gasteiger partial charge in [-0.2, -0.15) is 0 Å². The third-order valence-corrected chi connectivity index (χ3v) is 2.09. The first-order chi connectivity index (χ1) is 5.29. The molecule has 0 aliphatic carbocycles. The second-order valence-corrected chi connectivity index (χ2v) is 2.78. The number of hydrogen-bond donors (Lipinski definition) is 2. The average molecular weight is 150 g/mol. The van der Waals surface area contributed by atoms with Crippen LogP contribution in [0.4, 0.5) is 0 Å². The average Bonchev–Trinajstić information content (AvgIpc) is 2.41. The summed E-state index contributed by atoms with van der Waals surface area (Å²) < 4.78 is 2.05. The Morgan fingerprint density at radius 1 is 1.82 bits per heavy atom. The third kappa shape index (κ3) is 0.824. The van der Waals surface area contributed by atoms with E-state index >= 15 is 0 Å². The van der Waals surface area contributed by atoms with Gasteiger partial charge in [0.1, 0.15) is 11.7 Å². The van der Waals surface area contributed by atoms with Crippen LogP contribution in [0.15, 0.2) is 12.4 Å². The minimum atomic E-state index is 0.0602. The molecule has 0 amide bonds. The first-order valence-electron chi connectivity index (χ1n) is 3.64. The van der Waals surface area contributed by atoms with Crippen molar-refractivity contribution in [3.05, 3.63) is 18.2 Å². The van der Waals surface area contributed by atoms with Crippen molar-refractivity contribution >= 4 is 5.84 Å². The lowest BCUT2D eigenvalue weighted by atomic mass is 10.1. The molecule has 2 heterocycles. The highest BCUT2D eigenvalue weighted by atomic mass is 15.1. The molecule has 4 nitrogen and oxygen atoms in total. The zero-order valence-corrected chi connectivity index (χ0v) is 6.12. The van der Waals surface area contributed by atoms with Gasteiger partial charge in [-0.25, -0.2) is 4.98 Å². The molecule has 0 fully saturated rings. The van der Waals surface area contributed by atoms with Gasteiger partial charge in [-0.15, -0.1) is 0 Å². The van der Waals surface area contributed by atoms with Gasteiger partial charge in [-0.3, -0.25) is 5.41 Å². The summed E-state index contributed by atoms with van der Waals surface area (Å²) >= 11 is 0. The number of nitrogens with zero attached hydrogens (tertiary/aromatic N) is 2. The summed E-state index contributed by atoms with van der Waals surface area (Å²) in [6, 6.07) is 0. The number of aryl methyl sites for hydroxylation is 1. The van der Waals surface area contributed by atoms with Gasteiger partial charge < -0.3 is 10.3 Å². The van der Waals surface area contributed by atoms with Crippen molar-refractivity contribution < 1.29 is 0 Å². The molecule has 0 radical (unpaired) electrons. The predicted octanol–water partition coefficient (Wildman–Crippen LogP) is 0.306. The molecule has 1 aromatic heterocycles. The Bertz CT molecular complexity index is 288. The van der Waals surface area contributed by atoms with Gasteiger partial charge in [-0.05, 0) is 6.42 Å². The van der Waals surface area contributed by atoms with Gasteiger partial charge in [0.25, 0.3) is 0 Å². The van der Waals surface area contributed by atoms with Gasteiger partial charge in [0.15, 0.2) is 0 Å². The van der Waals surface area contributed by atoms with E-state index in [0.29, 0.717) is 0 Å². The SMILES string of the molecule is N=C(N)[C@@H]1CCn2ccnc21. The minimum absolute atomic E-state index is 0.0602. The Morgan fingerprint density at radius 2 is 2.64 bits per heavy atom. The number of imidazole rings is 1. The van der Waals surface area contributed by atoms with Crippen molar-refractivity contribution in [2.45, 2.75) is 18.9 Å². The van der Waals surface area contributed by atoms with Crippen LogP contribution in [0.2, 0.25) is 0 Å². The Kier molecular flexibility index (Phi) is 1.21. The van der Waals surface area contributed by atoms with Crippen molar-refractivity contribution in [3.8, 4) is 0 Å². The lowest BCUT2D eigenvalue weighted by Gasteiger charge is -2.03. The van der Waals surface area contributed by atoms with E-state index in [0.717, 1.165) is 18.8 Å². The molecule has 58 valence electrons. The highest BCUT2D eigenvalue weighted by molar-refractivity contribution is 5.84. The Balaban J connectivity index is 2.38. The van der Waals surface area contributed by atoms with Crippen LogP contribution in [0.1, 0.15) is 18.2 Å². The predicted molar refractivity (Wildman–Crippen MR) is 41.5 cm³/mol. The molecular weight excluding hydrogens is 140 g/mol. The van der Waals surface area contributed by atoms with E-state index in [1.165, 1.54) is 0 Å². The summed E-state index contributed by atoms with van der Waals surface area (Å²) in [6.45, 7) is 0.944. The van der Waals surface area contributed by atoms with Crippen LogP contribution in [-0.2, 0) is 6.54 Å². The highest BCUT2D eigenvalue weighted by Crippen LogP contribution is 2.25. The standard InChI is InChI=1S/C7H10N4/c8-6(9)5-1-3-11-4-2-10-7(5)11/h2,4-5H,1,3H2,(H3,8,9)/t5-/m0/s1. The summed E-state index contributed by atoms with van der Waals surface area (Å²) in [4.78, 5) is 4.14. The number of hydrogen-bond acceptors (Lipinski definition) is 2. The number of nitrogens with one attached hydrogen (secondary N) is 1. The summed E-state index contributed by atoms with van der Waals surface area (Å²) in [5, 5.41) is 7.29. The van der Waals surface area contributed by atoms with Crippen LogP contribution in [0.5, 0.6) is 0 Å². The Morgan fingerprint density at radius 3 is 3.36 bits per heavy atom. The van der Waals surface area contributed by atoms with E-state index in [1.807, 2.05) is 10.8 Å². The van der Waals surface area contributed by atoms with E-state index in [2.05, 4.69) is 4.98 Å². The maximum atomic E-state index is 7.29. The molecule has 3 N–H and O–H groups in total. The number of amidine groups is 1. The molecule has 0 aromatic carbocycles. The molecule has 0 bridgehead atoms. The normalized spacial score (nSPS) is 21.6. The van der Waals surface area contributed by atoms with E-state index in [1.54, 1.807) is 6.20 Å². The van der Waals surface area contributed by atoms with Crippen molar-refractivity contribution in [1.29, 1.82) is 5.41 Å². The molecule has 0 saturated heterocycles. The van der Waals surface area contributed by atoms with Crippen LogP contribution >= 0.6 is 0 Å². The first kappa shape index (κ1) is 6.39. The minimum Gasteiger partial charge on any atom is -0.387 e. The van der Waals surface area contributed by atoms with Gasteiger partial charge >= 0.3 is 0 Å². The fraction of sp³-hybridized carbons (Fsp3) is 0.429. The summed E-state index contributed by atoms with van der Waals surface area (Å²) in [6.07, 6.45) is 4.61. The van der Waals surface area contributed by atoms with Crippen LogP contribution in [0.25, 0.3) is 0 Å². The summed E-state index contributed by atoms with van der Waals surface area (Å²) in [7, 11) is 0. The molecule has 0 saturated carbocycles. The lowest BCUT2D eigenvalue weighted by molar-refractivity contribution is 0.736. The summed E-state index contributed by atoms with van der Waals surface area (Å²) in [5.41, 5.74) is 5.40. The topological polar surface area (TPSA) is 67.7 Å². The maximum Gasteiger partial charge on any atom is 0.119 e. The molecule has 1 aromatic rings. The summed E-state index contributed by atoms with van der Waals surface area (Å²) in [5.74, 6) is 1.23. The second kappa shape index (κ2) is 2.08. The first-order valence-corrected chi connectivity index (χ1v) is 3.64. The van der Waals surface area contributed by atoms with Gasteiger partial charge in [0.05, 0.1) is 5.92 Å². The molecule has 1 aliphatic rings. The fourth-order valence-corrected chi connectivity index (χ4v) is 1.51. The number of rotatable bonds is 1. The zero-order chi connectivity index (χ0) is 7.84. The molecule has 11 heavy (non-hydrogen) atoms. The lowest BCUT2D eigenvalue weighted by Crippen LogP contribution is -2.18. The number of aromatic nitrogens is 2. The molecule has 2 rings (SSSR count). The maximum absolute atomic E-state index is 7.29. The van der Waals surface area contributed by atoms with E-state index in [4.69, 9.17) is 11.1 Å². The molecule has 1 aliphatic heterocycles. The van der Waals surface area contributed by atoms with Crippen molar-refractivity contribution in [2.75, 3.05) is 0 Å². The molecule has 0 spiro atoms. The van der Waals surface area contributed by atoms with E-state index < -0.39 is 0 Å². The monoisotopic (exact) mass is 150 g/mol. The van der Waals surface area contributed by atoms with Gasteiger partial charge in [-0.1, -0.05) is 0 Å². The Hall–Kier alpha value is -1.32. The van der Waals surface area contributed by atoms with E-state index in [9.17, 15) is 0 Å². The fourth-order valence-electron chi connectivity index (χ4n) is 1.51. The van der Waals surface area contributed by atoms with E-state index in [-0.39, 0.29) is 11.8 Å². The van der Waals surface area contributed by atoms with Crippen molar-refractivity contribution in [1.82, 2.24) is 9.55 Å². The largest absolute Gasteiger partial charge is 0.387 e. The Labute approximate surface area is 64.5 Å². The van der Waals surface area contributed by atoms with Crippen LogP contribution < -0.4 is 5.73 Å². The molecule has 1 atom stereocenters. The van der Waals surface area contributed by atoms with Gasteiger partial charge in [0.2, 0.25) is 0 Å². The molecule has 4 heteroatoms. The molecule has 0 unspecified atom stereocenters. The smallest absolute Gasteiger partial charge is 0.119 e. The second-order valence-electron chi connectivity index (χ2n) is 2.78. The highest BCUT2D eigenvalue weighted by Gasteiger charge is 2.25.